The number of anilines is 1. The third kappa shape index (κ3) is 2.82. The fourth-order valence-electron chi connectivity index (χ4n) is 2.33. The number of pyridine rings is 1. The molecule has 2 aromatic heterocycles. The first-order valence-electron chi connectivity index (χ1n) is 6.89. The highest BCUT2D eigenvalue weighted by atomic mass is 15.5. The molecular formula is C15H19N5. The zero-order valence-corrected chi connectivity index (χ0v) is 11.7. The fraction of sp³-hybridized carbons (Fsp3) is 0.333. The minimum absolute atomic E-state index is 0.928. The van der Waals surface area contributed by atoms with Crippen molar-refractivity contribution in [2.75, 3.05) is 31.1 Å². The number of hydrogen-bond donors (Lipinski definition) is 0. The van der Waals surface area contributed by atoms with Crippen molar-refractivity contribution in [3.05, 3.63) is 48.4 Å². The predicted molar refractivity (Wildman–Crippen MR) is 81.0 cm³/mol. The molecule has 0 aliphatic carbocycles. The Morgan fingerprint density at radius 2 is 1.95 bits per heavy atom. The Morgan fingerprint density at radius 1 is 1.10 bits per heavy atom. The second kappa shape index (κ2) is 5.77. The third-order valence-electron chi connectivity index (χ3n) is 3.57. The molecule has 0 atom stereocenters. The van der Waals surface area contributed by atoms with E-state index >= 15 is 0 Å². The largest absolute Gasteiger partial charge is 0.353 e. The smallest absolute Gasteiger partial charge is 0.128 e. The summed E-state index contributed by atoms with van der Waals surface area (Å²) in [6, 6.07) is 10.1. The number of rotatable bonds is 3. The summed E-state index contributed by atoms with van der Waals surface area (Å²) in [5, 5.41) is 6.67. The number of hydrazone groups is 1. The van der Waals surface area contributed by atoms with Crippen molar-refractivity contribution < 1.29 is 0 Å². The summed E-state index contributed by atoms with van der Waals surface area (Å²) < 4.78 is 2.06. The monoisotopic (exact) mass is 269 g/mol. The van der Waals surface area contributed by atoms with Crippen molar-refractivity contribution in [2.24, 2.45) is 12.1 Å². The minimum Gasteiger partial charge on any atom is -0.353 e. The molecule has 0 aromatic carbocycles. The molecule has 0 amide bonds. The molecular weight excluding hydrogens is 250 g/mol. The first kappa shape index (κ1) is 12.7. The first-order valence-corrected chi connectivity index (χ1v) is 6.89. The normalized spacial score (nSPS) is 16.1. The van der Waals surface area contributed by atoms with E-state index in [2.05, 4.69) is 36.7 Å². The summed E-state index contributed by atoms with van der Waals surface area (Å²) >= 11 is 0. The molecule has 104 valence electrons. The van der Waals surface area contributed by atoms with Gasteiger partial charge in [-0.25, -0.2) is 4.98 Å². The van der Waals surface area contributed by atoms with Crippen molar-refractivity contribution in [2.45, 2.75) is 0 Å². The minimum atomic E-state index is 0.928. The molecule has 0 radical (unpaired) electrons. The van der Waals surface area contributed by atoms with Gasteiger partial charge in [0.05, 0.1) is 25.0 Å². The Hall–Kier alpha value is -2.30. The van der Waals surface area contributed by atoms with Gasteiger partial charge in [0.2, 0.25) is 0 Å². The van der Waals surface area contributed by atoms with Gasteiger partial charge in [-0.2, -0.15) is 5.10 Å². The molecule has 1 fully saturated rings. The third-order valence-corrected chi connectivity index (χ3v) is 3.57. The van der Waals surface area contributed by atoms with Crippen molar-refractivity contribution in [1.29, 1.82) is 0 Å². The quantitative estimate of drug-likeness (QED) is 0.794. The average Bonchev–Trinajstić information content (AvgIpc) is 2.92. The first-order chi connectivity index (χ1) is 9.83. The Labute approximate surface area is 119 Å². The molecule has 1 aliphatic heterocycles. The van der Waals surface area contributed by atoms with Gasteiger partial charge in [0.25, 0.3) is 0 Å². The fourth-order valence-corrected chi connectivity index (χ4v) is 2.33. The Bertz CT molecular complexity index is 567. The molecule has 2 aromatic rings. The lowest BCUT2D eigenvalue weighted by atomic mass is 10.3. The Morgan fingerprint density at radius 3 is 2.60 bits per heavy atom. The summed E-state index contributed by atoms with van der Waals surface area (Å²) in [6.07, 6.45) is 5.80. The topological polar surface area (TPSA) is 36.7 Å². The van der Waals surface area contributed by atoms with E-state index in [9.17, 15) is 0 Å². The zero-order valence-electron chi connectivity index (χ0n) is 11.7. The van der Waals surface area contributed by atoms with E-state index in [0.717, 1.165) is 37.7 Å². The van der Waals surface area contributed by atoms with Gasteiger partial charge in [0.15, 0.2) is 0 Å². The lowest BCUT2D eigenvalue weighted by molar-refractivity contribution is 0.271. The van der Waals surface area contributed by atoms with E-state index in [1.165, 1.54) is 0 Å². The highest BCUT2D eigenvalue weighted by Gasteiger charge is 2.16. The summed E-state index contributed by atoms with van der Waals surface area (Å²) in [6.45, 7) is 3.78. The van der Waals surface area contributed by atoms with Crippen molar-refractivity contribution in [1.82, 2.24) is 14.6 Å². The average molecular weight is 269 g/mol. The van der Waals surface area contributed by atoms with Crippen LogP contribution in [0.1, 0.15) is 5.69 Å². The number of aryl methyl sites for hydroxylation is 1. The van der Waals surface area contributed by atoms with Gasteiger partial charge in [0, 0.05) is 32.5 Å². The van der Waals surface area contributed by atoms with E-state index in [1.54, 1.807) is 0 Å². The van der Waals surface area contributed by atoms with Crippen LogP contribution in [0.25, 0.3) is 0 Å². The molecule has 1 aliphatic rings. The molecule has 0 saturated carbocycles. The second-order valence-corrected chi connectivity index (χ2v) is 4.92. The summed E-state index contributed by atoms with van der Waals surface area (Å²) in [7, 11) is 2.03. The van der Waals surface area contributed by atoms with Crippen LogP contribution in [0.3, 0.4) is 0 Å². The van der Waals surface area contributed by atoms with Gasteiger partial charge in [-0.15, -0.1) is 0 Å². The van der Waals surface area contributed by atoms with E-state index in [0.29, 0.717) is 0 Å². The summed E-state index contributed by atoms with van der Waals surface area (Å²) in [5.74, 6) is 1.05. The van der Waals surface area contributed by atoms with Gasteiger partial charge in [-0.05, 0) is 24.3 Å². The lowest BCUT2D eigenvalue weighted by Gasteiger charge is -2.33. The van der Waals surface area contributed by atoms with Crippen LogP contribution in [0, 0.1) is 0 Å². The van der Waals surface area contributed by atoms with Crippen LogP contribution in [0.4, 0.5) is 5.82 Å². The van der Waals surface area contributed by atoms with Gasteiger partial charge in [-0.3, -0.25) is 5.01 Å². The van der Waals surface area contributed by atoms with Crippen LogP contribution in [0.2, 0.25) is 0 Å². The van der Waals surface area contributed by atoms with E-state index in [4.69, 9.17) is 0 Å². The van der Waals surface area contributed by atoms with Crippen LogP contribution in [-0.4, -0.2) is 47.0 Å². The highest BCUT2D eigenvalue weighted by molar-refractivity contribution is 5.77. The van der Waals surface area contributed by atoms with E-state index in [1.807, 2.05) is 43.9 Å². The molecule has 5 heteroatoms. The maximum absolute atomic E-state index is 4.56. The van der Waals surface area contributed by atoms with E-state index in [-0.39, 0.29) is 0 Å². The molecule has 1 saturated heterocycles. The Kier molecular flexibility index (Phi) is 3.67. The zero-order chi connectivity index (χ0) is 13.8. The number of aromatic nitrogens is 2. The van der Waals surface area contributed by atoms with Gasteiger partial charge >= 0.3 is 0 Å². The van der Waals surface area contributed by atoms with Gasteiger partial charge in [-0.1, -0.05) is 6.07 Å². The number of hydrogen-bond acceptors (Lipinski definition) is 4. The molecule has 0 spiro atoms. The molecule has 3 rings (SSSR count). The molecule has 5 nitrogen and oxygen atoms in total. The highest BCUT2D eigenvalue weighted by Crippen LogP contribution is 2.12. The maximum atomic E-state index is 4.56. The molecule has 0 unspecified atom stereocenters. The Balaban J connectivity index is 1.57. The van der Waals surface area contributed by atoms with Crippen molar-refractivity contribution in [3.63, 3.8) is 0 Å². The van der Waals surface area contributed by atoms with Crippen LogP contribution in [0.5, 0.6) is 0 Å². The number of nitrogens with zero attached hydrogens (tertiary/aromatic N) is 5. The summed E-state index contributed by atoms with van der Waals surface area (Å²) in [5.41, 5.74) is 1.12. The van der Waals surface area contributed by atoms with Crippen molar-refractivity contribution >= 4 is 12.0 Å². The van der Waals surface area contributed by atoms with Crippen LogP contribution in [0.15, 0.2) is 47.8 Å². The number of piperazine rings is 1. The van der Waals surface area contributed by atoms with E-state index < -0.39 is 0 Å². The van der Waals surface area contributed by atoms with Crippen molar-refractivity contribution in [3.8, 4) is 0 Å². The molecule has 3 heterocycles. The van der Waals surface area contributed by atoms with Crippen LogP contribution in [-0.2, 0) is 7.05 Å². The standard InChI is InChI=1S/C15H19N5/c1-18-8-4-5-14(18)13-17-20-11-9-19(10-12-20)15-6-2-3-7-16-15/h2-8,13H,9-12H2,1H3. The molecule has 0 bridgehead atoms. The van der Waals surface area contributed by atoms with Crippen LogP contribution < -0.4 is 4.90 Å². The summed E-state index contributed by atoms with van der Waals surface area (Å²) in [4.78, 5) is 6.69. The predicted octanol–water partition coefficient (Wildman–Crippen LogP) is 1.58. The van der Waals surface area contributed by atoms with Gasteiger partial charge in [0.1, 0.15) is 5.82 Å². The molecule has 0 N–H and O–H groups in total. The maximum Gasteiger partial charge on any atom is 0.128 e. The van der Waals surface area contributed by atoms with Crippen LogP contribution >= 0.6 is 0 Å². The second-order valence-electron chi connectivity index (χ2n) is 4.92. The van der Waals surface area contributed by atoms with Gasteiger partial charge < -0.3 is 9.47 Å². The molecule has 20 heavy (non-hydrogen) atoms. The SMILES string of the molecule is Cn1cccc1C=NN1CCN(c2ccccn2)CC1. The lowest BCUT2D eigenvalue weighted by Crippen LogP contribution is -2.44.